The van der Waals surface area contributed by atoms with Gasteiger partial charge in [0.05, 0.1) is 11.1 Å². The van der Waals surface area contributed by atoms with Gasteiger partial charge in [-0.25, -0.2) is 9.59 Å². The summed E-state index contributed by atoms with van der Waals surface area (Å²) in [6.45, 7) is 5.61. The summed E-state index contributed by atoms with van der Waals surface area (Å²) < 4.78 is 84.3. The average molecular weight is 531 g/mol. The van der Waals surface area contributed by atoms with Gasteiger partial charge in [0.2, 0.25) is 0 Å². The van der Waals surface area contributed by atoms with Gasteiger partial charge in [0, 0.05) is 30.7 Å². The molecule has 6 nitrogen and oxygen atoms in total. The van der Waals surface area contributed by atoms with Gasteiger partial charge in [0.25, 0.3) is 0 Å². The summed E-state index contributed by atoms with van der Waals surface area (Å²) in [7, 11) is 0. The zero-order valence-electron chi connectivity index (χ0n) is 20.3. The molecule has 0 aliphatic carbocycles. The van der Waals surface area contributed by atoms with Gasteiger partial charge in [-0.05, 0) is 51.0 Å². The lowest BCUT2D eigenvalue weighted by atomic mass is 9.86. The highest BCUT2D eigenvalue weighted by Gasteiger charge is 2.38. The van der Waals surface area contributed by atoms with Crippen LogP contribution in [0.25, 0.3) is 0 Å². The van der Waals surface area contributed by atoms with Crippen LogP contribution in [0.5, 0.6) is 0 Å². The number of nitrogens with one attached hydrogen (secondary N) is 2. The Labute approximate surface area is 210 Å². The minimum absolute atomic E-state index is 0.0130. The predicted molar refractivity (Wildman–Crippen MR) is 124 cm³/mol. The van der Waals surface area contributed by atoms with Crippen LogP contribution in [-0.4, -0.2) is 41.8 Å². The molecule has 0 saturated carbocycles. The second kappa shape index (κ2) is 10.5. The SMILES string of the molecule is CC(C)(C)OC(=O)N1CC[C@@H](NC(=O)Nc2cc(C(F)(F)F)cc(C(F)(F)F)c2)[C@H](c2ccccc2)C1. The van der Waals surface area contributed by atoms with E-state index in [0.29, 0.717) is 12.1 Å². The van der Waals surface area contributed by atoms with Crippen LogP contribution in [0, 0.1) is 0 Å². The standard InChI is InChI=1S/C25H27F6N3O3/c1-23(2,3)37-22(36)34-10-9-20(19(14-34)15-7-5-4-6-8-15)33-21(35)32-18-12-16(24(26,27)28)11-17(13-18)25(29,30)31/h4-8,11-13,19-20H,9-10,14H2,1-3H3,(H2,32,33,35)/t19-,20+/m0/s1. The fraction of sp³-hybridized carbons (Fsp3) is 0.440. The zero-order valence-corrected chi connectivity index (χ0v) is 20.3. The highest BCUT2D eigenvalue weighted by Crippen LogP contribution is 2.37. The molecule has 2 N–H and O–H groups in total. The lowest BCUT2D eigenvalue weighted by molar-refractivity contribution is -0.143. The fourth-order valence-electron chi connectivity index (χ4n) is 4.02. The van der Waals surface area contributed by atoms with Crippen LogP contribution in [0.2, 0.25) is 0 Å². The van der Waals surface area contributed by atoms with Crippen molar-refractivity contribution in [1.29, 1.82) is 0 Å². The number of hydrogen-bond donors (Lipinski definition) is 2. The molecule has 0 spiro atoms. The minimum Gasteiger partial charge on any atom is -0.444 e. The number of alkyl halides is 6. The summed E-state index contributed by atoms with van der Waals surface area (Å²) in [5.41, 5.74) is -3.65. The molecule has 1 saturated heterocycles. The van der Waals surface area contributed by atoms with E-state index in [-0.39, 0.29) is 25.6 Å². The Bertz CT molecular complexity index is 1080. The molecule has 0 bridgehead atoms. The van der Waals surface area contributed by atoms with Gasteiger partial charge in [-0.15, -0.1) is 0 Å². The van der Waals surface area contributed by atoms with Gasteiger partial charge < -0.3 is 20.3 Å². The number of urea groups is 1. The van der Waals surface area contributed by atoms with Crippen molar-refractivity contribution >= 4 is 17.8 Å². The Hall–Kier alpha value is -3.44. The van der Waals surface area contributed by atoms with Gasteiger partial charge in [-0.2, -0.15) is 26.3 Å². The molecule has 1 heterocycles. The smallest absolute Gasteiger partial charge is 0.416 e. The molecule has 0 aromatic heterocycles. The van der Waals surface area contributed by atoms with E-state index >= 15 is 0 Å². The monoisotopic (exact) mass is 531 g/mol. The number of anilines is 1. The molecular formula is C25H27F6N3O3. The molecule has 1 aliphatic heterocycles. The molecule has 0 unspecified atom stereocenters. The Morgan fingerprint density at radius 1 is 0.919 bits per heavy atom. The number of hydrogen-bond acceptors (Lipinski definition) is 3. The third-order valence-corrected chi connectivity index (χ3v) is 5.65. The summed E-state index contributed by atoms with van der Waals surface area (Å²) in [6.07, 6.45) is -10.3. The van der Waals surface area contributed by atoms with Crippen molar-refractivity contribution < 1.29 is 40.7 Å². The summed E-state index contributed by atoms with van der Waals surface area (Å²) in [6, 6.07) is 8.29. The third kappa shape index (κ3) is 7.77. The molecule has 2 aromatic rings. The number of rotatable bonds is 3. The zero-order chi connectivity index (χ0) is 27.6. The molecular weight excluding hydrogens is 504 g/mol. The lowest BCUT2D eigenvalue weighted by Crippen LogP contribution is -2.52. The van der Waals surface area contributed by atoms with Crippen molar-refractivity contribution in [1.82, 2.24) is 10.2 Å². The molecule has 3 amide bonds. The molecule has 1 fully saturated rings. The van der Waals surface area contributed by atoms with Crippen LogP contribution in [0.4, 0.5) is 41.6 Å². The van der Waals surface area contributed by atoms with Gasteiger partial charge in [0.15, 0.2) is 0 Å². The average Bonchev–Trinajstić information content (AvgIpc) is 2.77. The van der Waals surface area contributed by atoms with Crippen LogP contribution in [0.1, 0.15) is 49.8 Å². The van der Waals surface area contributed by atoms with Crippen molar-refractivity contribution in [2.45, 2.75) is 57.1 Å². The van der Waals surface area contributed by atoms with Gasteiger partial charge in [0.1, 0.15) is 5.60 Å². The fourth-order valence-corrected chi connectivity index (χ4v) is 4.02. The van der Waals surface area contributed by atoms with Gasteiger partial charge >= 0.3 is 24.5 Å². The first-order valence-corrected chi connectivity index (χ1v) is 11.4. The molecule has 2 aromatic carbocycles. The molecule has 2 atom stereocenters. The lowest BCUT2D eigenvalue weighted by Gasteiger charge is -2.39. The van der Waals surface area contributed by atoms with E-state index in [9.17, 15) is 35.9 Å². The number of ether oxygens (including phenoxy) is 1. The number of carbonyl (C=O) groups excluding carboxylic acids is 2. The van der Waals surface area contributed by atoms with E-state index in [2.05, 4.69) is 10.6 Å². The van der Waals surface area contributed by atoms with E-state index in [1.807, 2.05) is 0 Å². The number of likely N-dealkylation sites (tertiary alicyclic amines) is 1. The van der Waals surface area contributed by atoms with E-state index < -0.39 is 58.9 Å². The second-order valence-electron chi connectivity index (χ2n) is 9.73. The molecule has 202 valence electrons. The van der Waals surface area contributed by atoms with Crippen LogP contribution in [0.15, 0.2) is 48.5 Å². The van der Waals surface area contributed by atoms with Crippen molar-refractivity contribution in [2.75, 3.05) is 18.4 Å². The first-order valence-electron chi connectivity index (χ1n) is 11.4. The molecule has 0 radical (unpaired) electrons. The Kier molecular flexibility index (Phi) is 7.99. The largest absolute Gasteiger partial charge is 0.444 e. The molecule has 3 rings (SSSR count). The van der Waals surface area contributed by atoms with Gasteiger partial charge in [-0.3, -0.25) is 0 Å². The van der Waals surface area contributed by atoms with Gasteiger partial charge in [-0.1, -0.05) is 30.3 Å². The van der Waals surface area contributed by atoms with Crippen molar-refractivity contribution in [3.8, 4) is 0 Å². The quantitative estimate of drug-likeness (QED) is 0.437. The van der Waals surface area contributed by atoms with Crippen LogP contribution >= 0.6 is 0 Å². The predicted octanol–water partition coefficient (Wildman–Crippen LogP) is 6.64. The number of amides is 3. The first kappa shape index (κ1) is 28.1. The second-order valence-corrected chi connectivity index (χ2v) is 9.73. The number of piperidine rings is 1. The maximum atomic E-state index is 13.2. The Morgan fingerprint density at radius 2 is 1.49 bits per heavy atom. The molecule has 37 heavy (non-hydrogen) atoms. The summed E-state index contributed by atoms with van der Waals surface area (Å²) in [5.74, 6) is -0.402. The van der Waals surface area contributed by atoms with E-state index in [1.165, 1.54) is 4.90 Å². The van der Waals surface area contributed by atoms with Crippen LogP contribution in [0.3, 0.4) is 0 Å². The summed E-state index contributed by atoms with van der Waals surface area (Å²) in [4.78, 5) is 26.8. The number of nitrogens with zero attached hydrogens (tertiary/aromatic N) is 1. The van der Waals surface area contributed by atoms with Crippen LogP contribution in [-0.2, 0) is 17.1 Å². The highest BCUT2D eigenvalue weighted by atomic mass is 19.4. The van der Waals surface area contributed by atoms with Crippen LogP contribution < -0.4 is 10.6 Å². The molecule has 1 aliphatic rings. The van der Waals surface area contributed by atoms with E-state index in [4.69, 9.17) is 4.74 Å². The third-order valence-electron chi connectivity index (χ3n) is 5.65. The number of carbonyl (C=O) groups is 2. The highest BCUT2D eigenvalue weighted by molar-refractivity contribution is 5.89. The Morgan fingerprint density at radius 3 is 2.00 bits per heavy atom. The Balaban J connectivity index is 1.80. The van der Waals surface area contributed by atoms with Crippen molar-refractivity contribution in [2.24, 2.45) is 0 Å². The first-order chi connectivity index (χ1) is 17.0. The maximum Gasteiger partial charge on any atom is 0.416 e. The van der Waals surface area contributed by atoms with Crippen molar-refractivity contribution in [3.63, 3.8) is 0 Å². The topological polar surface area (TPSA) is 70.7 Å². The normalized spacial score (nSPS) is 18.8. The summed E-state index contributed by atoms with van der Waals surface area (Å²) in [5, 5.41) is 4.74. The summed E-state index contributed by atoms with van der Waals surface area (Å²) >= 11 is 0. The minimum atomic E-state index is -5.04. The van der Waals surface area contributed by atoms with E-state index in [1.54, 1.807) is 51.1 Å². The molecule has 12 heteroatoms. The number of benzene rings is 2. The maximum absolute atomic E-state index is 13.2. The number of halogens is 6. The van der Waals surface area contributed by atoms with E-state index in [0.717, 1.165) is 5.56 Å². The van der Waals surface area contributed by atoms with Crippen molar-refractivity contribution in [3.05, 3.63) is 65.2 Å².